The van der Waals surface area contributed by atoms with E-state index in [1.54, 1.807) is 23.1 Å². The SMILES string of the molecule is CSCCNCc1nc2sc(C)c(C)c2c(=O)[nH]1. The number of nitrogens with zero attached hydrogens (tertiary/aromatic N) is 1. The van der Waals surface area contributed by atoms with Gasteiger partial charge in [-0.1, -0.05) is 0 Å². The van der Waals surface area contributed by atoms with Crippen molar-refractivity contribution in [1.29, 1.82) is 0 Å². The predicted octanol–water partition coefficient (Wildman–Crippen LogP) is 2.05. The highest BCUT2D eigenvalue weighted by Crippen LogP contribution is 2.25. The van der Waals surface area contributed by atoms with Crippen LogP contribution in [0.25, 0.3) is 10.2 Å². The van der Waals surface area contributed by atoms with Gasteiger partial charge in [0.25, 0.3) is 5.56 Å². The van der Waals surface area contributed by atoms with Crippen LogP contribution < -0.4 is 10.9 Å². The van der Waals surface area contributed by atoms with Gasteiger partial charge in [-0.05, 0) is 25.7 Å². The van der Waals surface area contributed by atoms with Crippen LogP contribution in [0.15, 0.2) is 4.79 Å². The van der Waals surface area contributed by atoms with Gasteiger partial charge in [0.05, 0.1) is 11.9 Å². The maximum Gasteiger partial charge on any atom is 0.259 e. The zero-order valence-corrected chi connectivity index (χ0v) is 12.4. The van der Waals surface area contributed by atoms with Gasteiger partial charge >= 0.3 is 0 Å². The second-order valence-electron chi connectivity index (χ2n) is 4.15. The van der Waals surface area contributed by atoms with Crippen molar-refractivity contribution in [3.63, 3.8) is 0 Å². The van der Waals surface area contributed by atoms with Gasteiger partial charge < -0.3 is 10.3 Å². The number of rotatable bonds is 5. The Labute approximate surface area is 114 Å². The Morgan fingerprint density at radius 1 is 1.44 bits per heavy atom. The van der Waals surface area contributed by atoms with E-state index in [9.17, 15) is 4.79 Å². The normalized spacial score (nSPS) is 11.3. The molecule has 0 saturated heterocycles. The number of thioether (sulfide) groups is 1. The molecular weight excluding hydrogens is 266 g/mol. The lowest BCUT2D eigenvalue weighted by Crippen LogP contribution is -2.21. The summed E-state index contributed by atoms with van der Waals surface area (Å²) < 4.78 is 0. The Balaban J connectivity index is 2.24. The molecule has 0 aliphatic rings. The number of H-pyrrole nitrogens is 1. The summed E-state index contributed by atoms with van der Waals surface area (Å²) >= 11 is 3.38. The molecular formula is C12H17N3OS2. The highest BCUT2D eigenvalue weighted by atomic mass is 32.2. The summed E-state index contributed by atoms with van der Waals surface area (Å²) in [5.41, 5.74) is 1.02. The lowest BCUT2D eigenvalue weighted by atomic mass is 10.2. The summed E-state index contributed by atoms with van der Waals surface area (Å²) in [5.74, 6) is 1.78. The standard InChI is InChI=1S/C12H17N3OS2/c1-7-8(2)18-12-10(7)11(16)14-9(15-12)6-13-4-5-17-3/h13H,4-6H2,1-3H3,(H,14,15,16). The summed E-state index contributed by atoms with van der Waals surface area (Å²) in [4.78, 5) is 21.4. The molecule has 2 aromatic heterocycles. The Bertz CT molecular complexity index is 603. The minimum Gasteiger partial charge on any atom is -0.309 e. The van der Waals surface area contributed by atoms with Crippen LogP contribution in [0, 0.1) is 13.8 Å². The average molecular weight is 283 g/mol. The zero-order chi connectivity index (χ0) is 13.1. The first-order chi connectivity index (χ1) is 8.63. The molecule has 0 radical (unpaired) electrons. The fraction of sp³-hybridized carbons (Fsp3) is 0.500. The molecule has 6 heteroatoms. The Morgan fingerprint density at radius 3 is 2.94 bits per heavy atom. The molecule has 0 amide bonds. The van der Waals surface area contributed by atoms with Crippen LogP contribution in [0.5, 0.6) is 0 Å². The van der Waals surface area contributed by atoms with E-state index >= 15 is 0 Å². The Morgan fingerprint density at radius 2 is 2.22 bits per heavy atom. The number of fused-ring (bicyclic) bond motifs is 1. The van der Waals surface area contributed by atoms with Gasteiger partial charge in [0.15, 0.2) is 0 Å². The van der Waals surface area contributed by atoms with Crippen molar-refractivity contribution in [1.82, 2.24) is 15.3 Å². The first-order valence-corrected chi connectivity index (χ1v) is 8.03. The van der Waals surface area contributed by atoms with Crippen LogP contribution in [0.1, 0.15) is 16.3 Å². The van der Waals surface area contributed by atoms with Crippen molar-refractivity contribution in [2.75, 3.05) is 18.6 Å². The topological polar surface area (TPSA) is 57.8 Å². The highest BCUT2D eigenvalue weighted by Gasteiger charge is 2.11. The Hall–Kier alpha value is -0.850. The van der Waals surface area contributed by atoms with Gasteiger partial charge in [0.1, 0.15) is 10.7 Å². The number of aromatic amines is 1. The van der Waals surface area contributed by atoms with Crippen molar-refractivity contribution in [3.05, 3.63) is 26.6 Å². The molecule has 0 bridgehead atoms. The van der Waals surface area contributed by atoms with Crippen LogP contribution in [-0.4, -0.2) is 28.5 Å². The van der Waals surface area contributed by atoms with Crippen LogP contribution in [-0.2, 0) is 6.54 Å². The van der Waals surface area contributed by atoms with E-state index in [0.717, 1.165) is 38.8 Å². The molecule has 0 atom stereocenters. The molecule has 18 heavy (non-hydrogen) atoms. The molecule has 0 aromatic carbocycles. The van der Waals surface area contributed by atoms with Gasteiger partial charge in [-0.2, -0.15) is 11.8 Å². The van der Waals surface area contributed by atoms with Gasteiger partial charge in [-0.25, -0.2) is 4.98 Å². The molecule has 2 aromatic rings. The number of thiophene rings is 1. The fourth-order valence-electron chi connectivity index (χ4n) is 1.76. The third kappa shape index (κ3) is 2.76. The number of aryl methyl sites for hydroxylation is 2. The van der Waals surface area contributed by atoms with Gasteiger partial charge in [0.2, 0.25) is 0 Å². The fourth-order valence-corrected chi connectivity index (χ4v) is 3.16. The molecule has 2 N–H and O–H groups in total. The number of nitrogens with one attached hydrogen (secondary N) is 2. The second-order valence-corrected chi connectivity index (χ2v) is 6.33. The molecule has 0 unspecified atom stereocenters. The molecule has 2 rings (SSSR count). The van der Waals surface area contributed by atoms with Gasteiger partial charge in [0, 0.05) is 17.2 Å². The molecule has 0 saturated carbocycles. The smallest absolute Gasteiger partial charge is 0.259 e. The van der Waals surface area contributed by atoms with Crippen LogP contribution >= 0.6 is 23.1 Å². The van der Waals surface area contributed by atoms with Crippen LogP contribution in [0.4, 0.5) is 0 Å². The van der Waals surface area contributed by atoms with Crippen molar-refractivity contribution in [3.8, 4) is 0 Å². The number of hydrogen-bond acceptors (Lipinski definition) is 5. The minimum absolute atomic E-state index is 0.0245. The maximum atomic E-state index is 12.0. The lowest BCUT2D eigenvalue weighted by Gasteiger charge is -2.03. The van der Waals surface area contributed by atoms with Crippen LogP contribution in [0.2, 0.25) is 0 Å². The summed E-state index contributed by atoms with van der Waals surface area (Å²) in [5, 5.41) is 4.01. The summed E-state index contributed by atoms with van der Waals surface area (Å²) in [6, 6.07) is 0. The zero-order valence-electron chi connectivity index (χ0n) is 10.8. The summed E-state index contributed by atoms with van der Waals surface area (Å²) in [6.07, 6.45) is 2.07. The van der Waals surface area contributed by atoms with Crippen molar-refractivity contribution in [2.24, 2.45) is 0 Å². The van der Waals surface area contributed by atoms with Crippen LogP contribution in [0.3, 0.4) is 0 Å². The van der Waals surface area contributed by atoms with Crippen molar-refractivity contribution >= 4 is 33.3 Å². The molecule has 0 aliphatic carbocycles. The lowest BCUT2D eigenvalue weighted by molar-refractivity contribution is 0.696. The van der Waals surface area contributed by atoms with Gasteiger partial charge in [-0.15, -0.1) is 11.3 Å². The first kappa shape index (κ1) is 13.6. The maximum absolute atomic E-state index is 12.0. The monoisotopic (exact) mass is 283 g/mol. The van der Waals surface area contributed by atoms with E-state index in [-0.39, 0.29) is 5.56 Å². The largest absolute Gasteiger partial charge is 0.309 e. The van der Waals surface area contributed by atoms with E-state index < -0.39 is 0 Å². The average Bonchev–Trinajstić information content (AvgIpc) is 2.61. The number of aromatic nitrogens is 2. The molecule has 0 spiro atoms. The molecule has 4 nitrogen and oxygen atoms in total. The molecule has 0 aliphatic heterocycles. The van der Waals surface area contributed by atoms with E-state index in [2.05, 4.69) is 21.5 Å². The first-order valence-electron chi connectivity index (χ1n) is 5.82. The Kier molecular flexibility index (Phi) is 4.42. The summed E-state index contributed by atoms with van der Waals surface area (Å²) in [7, 11) is 0. The minimum atomic E-state index is -0.0245. The quantitative estimate of drug-likeness (QED) is 0.825. The van der Waals surface area contributed by atoms with Gasteiger partial charge in [-0.3, -0.25) is 4.79 Å². The third-order valence-corrected chi connectivity index (χ3v) is 4.58. The van der Waals surface area contributed by atoms with E-state index in [1.165, 1.54) is 0 Å². The summed E-state index contributed by atoms with van der Waals surface area (Å²) in [6.45, 7) is 5.53. The van der Waals surface area contributed by atoms with Crippen molar-refractivity contribution < 1.29 is 0 Å². The second kappa shape index (κ2) is 5.86. The van der Waals surface area contributed by atoms with Crippen molar-refractivity contribution in [2.45, 2.75) is 20.4 Å². The van der Waals surface area contributed by atoms with E-state index in [0.29, 0.717) is 6.54 Å². The predicted molar refractivity (Wildman–Crippen MR) is 79.8 cm³/mol. The molecule has 98 valence electrons. The van der Waals surface area contributed by atoms with E-state index in [4.69, 9.17) is 0 Å². The number of hydrogen-bond donors (Lipinski definition) is 2. The molecule has 0 fully saturated rings. The highest BCUT2D eigenvalue weighted by molar-refractivity contribution is 7.98. The third-order valence-electron chi connectivity index (χ3n) is 2.86. The van der Waals surface area contributed by atoms with E-state index in [1.807, 2.05) is 13.8 Å². The molecule has 2 heterocycles.